The highest BCUT2D eigenvalue weighted by atomic mass is 16.5. The van der Waals surface area contributed by atoms with Crippen LogP contribution in [0.25, 0.3) is 0 Å². The number of amides is 2. The molecule has 0 aliphatic carbocycles. The number of aryl methyl sites for hydroxylation is 1. The Bertz CT molecular complexity index is 470. The highest BCUT2D eigenvalue weighted by molar-refractivity contribution is 5.96. The van der Waals surface area contributed by atoms with Gasteiger partial charge in [0.1, 0.15) is 6.42 Å². The van der Waals surface area contributed by atoms with Gasteiger partial charge in [0.05, 0.1) is 6.10 Å². The molecule has 1 heterocycles. The minimum Gasteiger partial charge on any atom is -0.376 e. The molecule has 0 saturated carbocycles. The van der Waals surface area contributed by atoms with E-state index in [0.29, 0.717) is 13.1 Å². The molecule has 2 N–H and O–H groups in total. The van der Waals surface area contributed by atoms with E-state index in [9.17, 15) is 9.59 Å². The number of rotatable bonds is 8. The molecular formula is C17H24N2O3. The summed E-state index contributed by atoms with van der Waals surface area (Å²) >= 11 is 0. The van der Waals surface area contributed by atoms with E-state index in [-0.39, 0.29) is 24.3 Å². The molecule has 1 aliphatic rings. The fourth-order valence-corrected chi connectivity index (χ4v) is 2.47. The van der Waals surface area contributed by atoms with E-state index < -0.39 is 0 Å². The van der Waals surface area contributed by atoms with Crippen LogP contribution in [-0.4, -0.2) is 37.6 Å². The maximum absolute atomic E-state index is 11.7. The minimum absolute atomic E-state index is 0.109. The number of ether oxygens (including phenoxy) is 1. The van der Waals surface area contributed by atoms with Gasteiger partial charge in [-0.15, -0.1) is 0 Å². The van der Waals surface area contributed by atoms with Crippen molar-refractivity contribution in [3.05, 3.63) is 35.9 Å². The molecule has 1 aromatic carbocycles. The van der Waals surface area contributed by atoms with Crippen molar-refractivity contribution in [3.8, 4) is 0 Å². The van der Waals surface area contributed by atoms with E-state index in [1.807, 2.05) is 18.2 Å². The zero-order chi connectivity index (χ0) is 15.6. The van der Waals surface area contributed by atoms with Crippen molar-refractivity contribution in [2.75, 3.05) is 19.7 Å². The third kappa shape index (κ3) is 6.26. The normalized spacial score (nSPS) is 17.2. The van der Waals surface area contributed by atoms with Crippen LogP contribution in [-0.2, 0) is 20.7 Å². The number of hydrogen-bond donors (Lipinski definition) is 2. The first-order chi connectivity index (χ1) is 10.7. The van der Waals surface area contributed by atoms with Crippen LogP contribution in [0, 0.1) is 0 Å². The number of carbonyl (C=O) groups is 2. The molecule has 1 unspecified atom stereocenters. The Morgan fingerprint density at radius 1 is 1.14 bits per heavy atom. The first-order valence-corrected chi connectivity index (χ1v) is 7.93. The third-order valence-electron chi connectivity index (χ3n) is 3.68. The lowest BCUT2D eigenvalue weighted by atomic mass is 10.1. The summed E-state index contributed by atoms with van der Waals surface area (Å²) in [5.74, 6) is -0.464. The van der Waals surface area contributed by atoms with Crippen LogP contribution >= 0.6 is 0 Å². The van der Waals surface area contributed by atoms with Gasteiger partial charge < -0.3 is 15.4 Å². The minimum atomic E-state index is -0.240. The molecule has 0 aromatic heterocycles. The zero-order valence-electron chi connectivity index (χ0n) is 12.8. The first-order valence-electron chi connectivity index (χ1n) is 7.93. The van der Waals surface area contributed by atoms with Crippen molar-refractivity contribution >= 4 is 11.8 Å². The van der Waals surface area contributed by atoms with Gasteiger partial charge in [-0.25, -0.2) is 0 Å². The van der Waals surface area contributed by atoms with E-state index in [0.717, 1.165) is 32.3 Å². The summed E-state index contributed by atoms with van der Waals surface area (Å²) in [6, 6.07) is 10.1. The summed E-state index contributed by atoms with van der Waals surface area (Å²) in [6.45, 7) is 1.86. The van der Waals surface area contributed by atoms with Gasteiger partial charge >= 0.3 is 0 Å². The van der Waals surface area contributed by atoms with Crippen LogP contribution in [0.5, 0.6) is 0 Å². The molecule has 120 valence electrons. The van der Waals surface area contributed by atoms with Crippen LogP contribution in [0.2, 0.25) is 0 Å². The Morgan fingerprint density at radius 2 is 1.91 bits per heavy atom. The van der Waals surface area contributed by atoms with Gasteiger partial charge in [-0.05, 0) is 31.2 Å². The van der Waals surface area contributed by atoms with Gasteiger partial charge in [0.2, 0.25) is 11.8 Å². The van der Waals surface area contributed by atoms with Gasteiger partial charge in [0.25, 0.3) is 0 Å². The summed E-state index contributed by atoms with van der Waals surface area (Å²) in [4.78, 5) is 23.3. The SMILES string of the molecule is O=C(CC(=O)NCC1CCCO1)NCCCc1ccccc1. The Kier molecular flexibility index (Phi) is 6.90. The maximum Gasteiger partial charge on any atom is 0.229 e. The molecule has 0 spiro atoms. The Balaban J connectivity index is 1.52. The Labute approximate surface area is 131 Å². The highest BCUT2D eigenvalue weighted by Crippen LogP contribution is 2.10. The van der Waals surface area contributed by atoms with Crippen molar-refractivity contribution in [2.24, 2.45) is 0 Å². The summed E-state index contributed by atoms with van der Waals surface area (Å²) in [5, 5.41) is 5.53. The summed E-state index contributed by atoms with van der Waals surface area (Å²) in [7, 11) is 0. The van der Waals surface area contributed by atoms with E-state index in [1.165, 1.54) is 5.56 Å². The summed E-state index contributed by atoms with van der Waals surface area (Å²) < 4.78 is 5.41. The lowest BCUT2D eigenvalue weighted by Gasteiger charge is -2.10. The zero-order valence-corrected chi connectivity index (χ0v) is 12.8. The average Bonchev–Trinajstić information content (AvgIpc) is 3.04. The fourth-order valence-electron chi connectivity index (χ4n) is 2.47. The largest absolute Gasteiger partial charge is 0.376 e. The van der Waals surface area contributed by atoms with Gasteiger partial charge in [-0.3, -0.25) is 9.59 Å². The molecule has 2 rings (SSSR count). The second-order valence-electron chi connectivity index (χ2n) is 5.55. The Morgan fingerprint density at radius 3 is 2.64 bits per heavy atom. The van der Waals surface area contributed by atoms with Crippen LogP contribution in [0.4, 0.5) is 0 Å². The topological polar surface area (TPSA) is 67.4 Å². The van der Waals surface area contributed by atoms with Crippen molar-refractivity contribution < 1.29 is 14.3 Å². The van der Waals surface area contributed by atoms with Crippen LogP contribution in [0.15, 0.2) is 30.3 Å². The predicted molar refractivity (Wildman–Crippen MR) is 84.4 cm³/mol. The van der Waals surface area contributed by atoms with Crippen LogP contribution in [0.3, 0.4) is 0 Å². The molecule has 1 aliphatic heterocycles. The van der Waals surface area contributed by atoms with E-state index in [2.05, 4.69) is 22.8 Å². The second-order valence-corrected chi connectivity index (χ2v) is 5.55. The lowest BCUT2D eigenvalue weighted by molar-refractivity contribution is -0.129. The molecule has 1 saturated heterocycles. The number of nitrogens with one attached hydrogen (secondary N) is 2. The van der Waals surface area contributed by atoms with Crippen LogP contribution < -0.4 is 10.6 Å². The third-order valence-corrected chi connectivity index (χ3v) is 3.68. The summed E-state index contributed by atoms with van der Waals surface area (Å²) in [5.41, 5.74) is 1.26. The van der Waals surface area contributed by atoms with Crippen molar-refractivity contribution in [1.82, 2.24) is 10.6 Å². The van der Waals surface area contributed by atoms with E-state index >= 15 is 0 Å². The highest BCUT2D eigenvalue weighted by Gasteiger charge is 2.17. The molecule has 1 atom stereocenters. The lowest BCUT2D eigenvalue weighted by Crippen LogP contribution is -2.36. The fraction of sp³-hybridized carbons (Fsp3) is 0.529. The van der Waals surface area contributed by atoms with Crippen molar-refractivity contribution in [1.29, 1.82) is 0 Å². The van der Waals surface area contributed by atoms with Crippen molar-refractivity contribution in [2.45, 2.75) is 38.2 Å². The Hall–Kier alpha value is -1.88. The molecule has 1 fully saturated rings. The first kappa shape index (κ1) is 16.5. The number of carbonyl (C=O) groups excluding carboxylic acids is 2. The predicted octanol–water partition coefficient (Wildman–Crippen LogP) is 1.42. The molecule has 0 radical (unpaired) electrons. The molecule has 5 heteroatoms. The van der Waals surface area contributed by atoms with E-state index in [4.69, 9.17) is 4.74 Å². The van der Waals surface area contributed by atoms with Crippen LogP contribution in [0.1, 0.15) is 31.2 Å². The molecule has 5 nitrogen and oxygen atoms in total. The molecule has 0 bridgehead atoms. The maximum atomic E-state index is 11.7. The average molecular weight is 304 g/mol. The molecule has 2 amide bonds. The van der Waals surface area contributed by atoms with Gasteiger partial charge in [-0.1, -0.05) is 30.3 Å². The quantitative estimate of drug-likeness (QED) is 0.564. The van der Waals surface area contributed by atoms with Crippen molar-refractivity contribution in [3.63, 3.8) is 0 Å². The molecule has 22 heavy (non-hydrogen) atoms. The molecule has 1 aromatic rings. The smallest absolute Gasteiger partial charge is 0.229 e. The van der Waals surface area contributed by atoms with Gasteiger partial charge in [0.15, 0.2) is 0 Å². The summed E-state index contributed by atoms with van der Waals surface area (Å²) in [6.07, 6.45) is 3.81. The molecular weight excluding hydrogens is 280 g/mol. The van der Waals surface area contributed by atoms with Gasteiger partial charge in [-0.2, -0.15) is 0 Å². The van der Waals surface area contributed by atoms with E-state index in [1.54, 1.807) is 0 Å². The van der Waals surface area contributed by atoms with Gasteiger partial charge in [0, 0.05) is 19.7 Å². The standard InChI is InChI=1S/C17H24N2O3/c20-16(12-17(21)19-13-15-9-5-11-22-15)18-10-4-8-14-6-2-1-3-7-14/h1-3,6-7,15H,4-5,8-13H2,(H,18,20)(H,19,21). The second kappa shape index (κ2) is 9.20. The monoisotopic (exact) mass is 304 g/mol. The number of benzene rings is 1. The number of hydrogen-bond acceptors (Lipinski definition) is 3.